The second kappa shape index (κ2) is 4.51. The summed E-state index contributed by atoms with van der Waals surface area (Å²) in [4.78, 5) is 12.2. The minimum Gasteiger partial charge on any atom is -0.481 e. The maximum atomic E-state index is 10.6. The van der Waals surface area contributed by atoms with Crippen LogP contribution in [-0.2, 0) is 4.79 Å². The predicted molar refractivity (Wildman–Crippen MR) is 57.7 cm³/mol. The largest absolute Gasteiger partial charge is 0.481 e. The van der Waals surface area contributed by atoms with Gasteiger partial charge in [0.2, 0.25) is 0 Å². The van der Waals surface area contributed by atoms with Crippen LogP contribution in [0.3, 0.4) is 0 Å². The molecule has 1 aromatic rings. The summed E-state index contributed by atoms with van der Waals surface area (Å²) in [5.74, 6) is 0.0410. The van der Waals surface area contributed by atoms with Crippen molar-refractivity contribution in [2.45, 2.75) is 38.1 Å². The number of carboxylic acids is 1. The number of nitrogens with zero attached hydrogens (tertiary/aromatic N) is 3. The van der Waals surface area contributed by atoms with E-state index in [1.54, 1.807) is 11.0 Å². The van der Waals surface area contributed by atoms with Gasteiger partial charge in [-0.05, 0) is 31.6 Å². The lowest BCUT2D eigenvalue weighted by Gasteiger charge is -2.26. The van der Waals surface area contributed by atoms with Crippen molar-refractivity contribution in [2.75, 3.05) is 5.73 Å². The third-order valence-electron chi connectivity index (χ3n) is 3.13. The van der Waals surface area contributed by atoms with Crippen LogP contribution in [0.15, 0.2) is 6.20 Å². The lowest BCUT2D eigenvalue weighted by molar-refractivity contribution is -0.138. The average Bonchev–Trinajstić information content (AvgIpc) is 2.65. The quantitative estimate of drug-likeness (QED) is 0.800. The fourth-order valence-corrected chi connectivity index (χ4v) is 2.29. The van der Waals surface area contributed by atoms with E-state index in [9.17, 15) is 4.79 Å². The molecule has 88 valence electrons. The second-order valence-corrected chi connectivity index (χ2v) is 4.36. The van der Waals surface area contributed by atoms with Crippen molar-refractivity contribution in [1.29, 1.82) is 0 Å². The first kappa shape index (κ1) is 10.9. The number of nitrogen functional groups attached to an aromatic ring is 1. The molecule has 0 aliphatic heterocycles. The van der Waals surface area contributed by atoms with E-state index in [4.69, 9.17) is 10.8 Å². The lowest BCUT2D eigenvalue weighted by Crippen LogP contribution is -2.21. The van der Waals surface area contributed by atoms with Crippen LogP contribution in [0, 0.1) is 5.92 Å². The van der Waals surface area contributed by atoms with Gasteiger partial charge in [0.15, 0.2) is 5.82 Å². The first-order valence-electron chi connectivity index (χ1n) is 5.54. The maximum absolute atomic E-state index is 10.6. The summed E-state index contributed by atoms with van der Waals surface area (Å²) in [5.41, 5.74) is 5.51. The molecule has 1 saturated carbocycles. The van der Waals surface area contributed by atoms with Crippen LogP contribution in [0.2, 0.25) is 0 Å². The number of anilines is 1. The zero-order valence-corrected chi connectivity index (χ0v) is 9.04. The number of nitrogens with two attached hydrogens (primary N) is 1. The number of hydrogen-bond donors (Lipinski definition) is 2. The van der Waals surface area contributed by atoms with Gasteiger partial charge < -0.3 is 10.8 Å². The minimum atomic E-state index is -0.704. The van der Waals surface area contributed by atoms with E-state index in [-0.39, 0.29) is 12.5 Å². The Hall–Kier alpha value is -1.59. The molecule has 0 bridgehead atoms. The number of aliphatic carboxylic acids is 1. The Morgan fingerprint density at radius 1 is 1.50 bits per heavy atom. The van der Waals surface area contributed by atoms with Gasteiger partial charge in [-0.15, -0.1) is 5.10 Å². The maximum Gasteiger partial charge on any atom is 0.303 e. The van der Waals surface area contributed by atoms with Gasteiger partial charge in [-0.3, -0.25) is 4.79 Å². The van der Waals surface area contributed by atoms with Gasteiger partial charge in [0, 0.05) is 6.42 Å². The Bertz CT molecular complexity index is 369. The molecule has 0 radical (unpaired) electrons. The van der Waals surface area contributed by atoms with Crippen LogP contribution < -0.4 is 5.73 Å². The zero-order valence-electron chi connectivity index (χ0n) is 9.04. The Morgan fingerprint density at radius 3 is 2.69 bits per heavy atom. The topological polar surface area (TPSA) is 94.0 Å². The number of carbonyl (C=O) groups is 1. The van der Waals surface area contributed by atoms with Gasteiger partial charge in [0.25, 0.3) is 0 Å². The number of carboxylic acid groups (broad SMARTS) is 1. The summed E-state index contributed by atoms with van der Waals surface area (Å²) in [6.45, 7) is 0. The third kappa shape index (κ3) is 2.50. The van der Waals surface area contributed by atoms with E-state index in [1.807, 2.05) is 0 Å². The van der Waals surface area contributed by atoms with Crippen LogP contribution >= 0.6 is 0 Å². The molecule has 0 unspecified atom stereocenters. The van der Waals surface area contributed by atoms with Crippen LogP contribution in [-0.4, -0.2) is 26.1 Å². The third-order valence-corrected chi connectivity index (χ3v) is 3.13. The molecule has 0 atom stereocenters. The van der Waals surface area contributed by atoms with Gasteiger partial charge >= 0.3 is 5.97 Å². The molecule has 6 heteroatoms. The Labute approximate surface area is 93.4 Å². The Morgan fingerprint density at radius 2 is 2.19 bits per heavy atom. The SMILES string of the molecule is Nc1cnn(C2CCC(CC(=O)O)CC2)n1. The molecule has 0 aromatic carbocycles. The molecule has 0 spiro atoms. The summed E-state index contributed by atoms with van der Waals surface area (Å²) in [5, 5.41) is 16.9. The Balaban J connectivity index is 1.87. The molecule has 0 saturated heterocycles. The lowest BCUT2D eigenvalue weighted by atomic mass is 9.84. The molecule has 0 amide bonds. The summed E-state index contributed by atoms with van der Waals surface area (Å²) >= 11 is 0. The van der Waals surface area contributed by atoms with Gasteiger partial charge in [-0.2, -0.15) is 9.90 Å². The van der Waals surface area contributed by atoms with E-state index in [2.05, 4.69) is 10.2 Å². The van der Waals surface area contributed by atoms with Crippen molar-refractivity contribution in [3.63, 3.8) is 0 Å². The molecule has 1 fully saturated rings. The van der Waals surface area contributed by atoms with Crippen LogP contribution in [0.4, 0.5) is 5.82 Å². The first-order valence-corrected chi connectivity index (χ1v) is 5.54. The number of hydrogen-bond acceptors (Lipinski definition) is 4. The van der Waals surface area contributed by atoms with Crippen molar-refractivity contribution in [1.82, 2.24) is 15.0 Å². The molecule has 1 aromatic heterocycles. The standard InChI is InChI=1S/C10H16N4O2/c11-9-6-12-14(13-9)8-3-1-7(2-4-8)5-10(15)16/h6-8H,1-5H2,(H2,11,13)(H,15,16). The molecular weight excluding hydrogens is 208 g/mol. The van der Waals surface area contributed by atoms with Crippen molar-refractivity contribution in [3.05, 3.63) is 6.20 Å². The summed E-state index contributed by atoms with van der Waals surface area (Å²) in [6.07, 6.45) is 5.56. The summed E-state index contributed by atoms with van der Waals surface area (Å²) in [7, 11) is 0. The van der Waals surface area contributed by atoms with Crippen LogP contribution in [0.5, 0.6) is 0 Å². The average molecular weight is 224 g/mol. The fraction of sp³-hybridized carbons (Fsp3) is 0.700. The molecule has 6 nitrogen and oxygen atoms in total. The van der Waals surface area contributed by atoms with Gasteiger partial charge in [0.05, 0.1) is 12.2 Å². The Kier molecular flexibility index (Phi) is 3.07. The molecule has 1 aliphatic carbocycles. The summed E-state index contributed by atoms with van der Waals surface area (Å²) in [6, 6.07) is 0.280. The zero-order chi connectivity index (χ0) is 11.5. The molecule has 16 heavy (non-hydrogen) atoms. The van der Waals surface area contributed by atoms with E-state index >= 15 is 0 Å². The van der Waals surface area contributed by atoms with Crippen molar-refractivity contribution in [2.24, 2.45) is 5.92 Å². The molecule has 1 heterocycles. The van der Waals surface area contributed by atoms with Crippen LogP contribution in [0.25, 0.3) is 0 Å². The summed E-state index contributed by atoms with van der Waals surface area (Å²) < 4.78 is 0. The highest BCUT2D eigenvalue weighted by Crippen LogP contribution is 2.32. The van der Waals surface area contributed by atoms with Crippen molar-refractivity contribution in [3.8, 4) is 0 Å². The number of rotatable bonds is 3. The van der Waals surface area contributed by atoms with E-state index in [0.717, 1.165) is 25.7 Å². The second-order valence-electron chi connectivity index (χ2n) is 4.36. The van der Waals surface area contributed by atoms with E-state index < -0.39 is 5.97 Å². The molecule has 3 N–H and O–H groups in total. The highest BCUT2D eigenvalue weighted by atomic mass is 16.4. The fourth-order valence-electron chi connectivity index (χ4n) is 2.29. The van der Waals surface area contributed by atoms with Crippen molar-refractivity contribution >= 4 is 11.8 Å². The van der Waals surface area contributed by atoms with Crippen LogP contribution in [0.1, 0.15) is 38.1 Å². The predicted octanol–water partition coefficient (Wildman–Crippen LogP) is 1.07. The molecule has 1 aliphatic rings. The van der Waals surface area contributed by atoms with E-state index in [0.29, 0.717) is 11.7 Å². The van der Waals surface area contributed by atoms with Gasteiger partial charge in [-0.1, -0.05) is 0 Å². The smallest absolute Gasteiger partial charge is 0.303 e. The van der Waals surface area contributed by atoms with Crippen molar-refractivity contribution < 1.29 is 9.90 Å². The number of aromatic nitrogens is 3. The minimum absolute atomic E-state index is 0.279. The monoisotopic (exact) mass is 224 g/mol. The molecular formula is C10H16N4O2. The normalized spacial score (nSPS) is 25.5. The molecule has 2 rings (SSSR count). The van der Waals surface area contributed by atoms with Gasteiger partial charge in [0.1, 0.15) is 0 Å². The highest BCUT2D eigenvalue weighted by Gasteiger charge is 2.24. The van der Waals surface area contributed by atoms with Gasteiger partial charge in [-0.25, -0.2) is 0 Å². The first-order chi connectivity index (χ1) is 7.65. The van der Waals surface area contributed by atoms with E-state index in [1.165, 1.54) is 0 Å². The highest BCUT2D eigenvalue weighted by molar-refractivity contribution is 5.67.